The van der Waals surface area contributed by atoms with Gasteiger partial charge in [-0.1, -0.05) is 60.7 Å². The van der Waals surface area contributed by atoms with Gasteiger partial charge in [-0.3, -0.25) is 4.79 Å². The van der Waals surface area contributed by atoms with Crippen molar-refractivity contribution in [2.75, 3.05) is 7.05 Å². The van der Waals surface area contributed by atoms with Crippen molar-refractivity contribution >= 4 is 5.78 Å². The van der Waals surface area contributed by atoms with E-state index in [1.807, 2.05) is 7.05 Å². The van der Waals surface area contributed by atoms with E-state index in [1.165, 1.54) is 11.1 Å². The fourth-order valence-corrected chi connectivity index (χ4v) is 4.85. The number of rotatable bonds is 3. The summed E-state index contributed by atoms with van der Waals surface area (Å²) in [7, 11) is 2.02. The summed E-state index contributed by atoms with van der Waals surface area (Å²) in [4.78, 5) is 12.9. The molecule has 0 unspecified atom stereocenters. The number of ketones is 1. The van der Waals surface area contributed by atoms with Gasteiger partial charge >= 0.3 is 0 Å². The van der Waals surface area contributed by atoms with Crippen molar-refractivity contribution in [1.82, 2.24) is 5.32 Å². The van der Waals surface area contributed by atoms with Crippen LogP contribution in [0.2, 0.25) is 0 Å². The molecule has 3 fully saturated rings. The molecule has 5 rings (SSSR count). The molecule has 23 heavy (non-hydrogen) atoms. The highest BCUT2D eigenvalue weighted by Gasteiger charge is 2.54. The summed E-state index contributed by atoms with van der Waals surface area (Å²) >= 11 is 0. The molecule has 2 heteroatoms. The average molecular weight is 305 g/mol. The third-order valence-corrected chi connectivity index (χ3v) is 5.96. The van der Waals surface area contributed by atoms with Gasteiger partial charge in [-0.2, -0.15) is 0 Å². The van der Waals surface area contributed by atoms with Crippen LogP contribution >= 0.6 is 0 Å². The van der Waals surface area contributed by atoms with Crippen molar-refractivity contribution in [3.05, 3.63) is 71.8 Å². The zero-order chi connectivity index (χ0) is 15.9. The minimum atomic E-state index is -0.0488. The smallest absolute Gasteiger partial charge is 0.139 e. The molecule has 118 valence electrons. The summed E-state index contributed by atoms with van der Waals surface area (Å²) < 4.78 is 0. The highest BCUT2D eigenvalue weighted by Crippen LogP contribution is 2.56. The summed E-state index contributed by atoms with van der Waals surface area (Å²) in [5, 5.41) is 3.51. The van der Waals surface area contributed by atoms with E-state index >= 15 is 0 Å². The van der Waals surface area contributed by atoms with Gasteiger partial charge in [-0.05, 0) is 42.9 Å². The van der Waals surface area contributed by atoms with Gasteiger partial charge in [0.15, 0.2) is 0 Å². The van der Waals surface area contributed by atoms with E-state index in [1.54, 1.807) is 0 Å². The van der Waals surface area contributed by atoms with E-state index in [0.29, 0.717) is 24.0 Å². The highest BCUT2D eigenvalue weighted by molar-refractivity contribution is 5.86. The Hall–Kier alpha value is -1.93. The Morgan fingerprint density at radius 2 is 1.35 bits per heavy atom. The lowest BCUT2D eigenvalue weighted by Crippen LogP contribution is -2.59. The molecule has 0 amide bonds. The van der Waals surface area contributed by atoms with E-state index in [-0.39, 0.29) is 11.5 Å². The second kappa shape index (κ2) is 5.61. The van der Waals surface area contributed by atoms with E-state index < -0.39 is 0 Å². The third-order valence-electron chi connectivity index (χ3n) is 5.96. The normalized spacial score (nSPS) is 32.9. The van der Waals surface area contributed by atoms with Crippen LogP contribution in [0.4, 0.5) is 0 Å². The van der Waals surface area contributed by atoms with Gasteiger partial charge in [0.2, 0.25) is 0 Å². The predicted octanol–water partition coefficient (Wildman–Crippen LogP) is 3.90. The molecule has 2 atom stereocenters. The Morgan fingerprint density at radius 1 is 0.870 bits per heavy atom. The van der Waals surface area contributed by atoms with Gasteiger partial charge in [0, 0.05) is 17.9 Å². The SMILES string of the molecule is CNC12CC(=O)C([C@H](c3ccccc3)C1)[C@H](c1ccccc1)C2. The number of hydrogen-bond acceptors (Lipinski definition) is 2. The summed E-state index contributed by atoms with van der Waals surface area (Å²) in [6.45, 7) is 0. The molecule has 1 N–H and O–H groups in total. The van der Waals surface area contributed by atoms with Crippen LogP contribution < -0.4 is 5.32 Å². The topological polar surface area (TPSA) is 29.1 Å². The molecule has 2 bridgehead atoms. The number of Topliss-reactive ketones (excluding diaryl/α,β-unsaturated/α-hetero) is 1. The Morgan fingerprint density at radius 3 is 1.78 bits per heavy atom. The molecule has 2 nitrogen and oxygen atoms in total. The Kier molecular flexibility index (Phi) is 3.57. The first-order valence-corrected chi connectivity index (χ1v) is 8.54. The van der Waals surface area contributed by atoms with Gasteiger partial charge < -0.3 is 5.32 Å². The van der Waals surface area contributed by atoms with Crippen LogP contribution in [0.25, 0.3) is 0 Å². The van der Waals surface area contributed by atoms with Crippen LogP contribution in [0.1, 0.15) is 42.2 Å². The fraction of sp³-hybridized carbons (Fsp3) is 0.381. The van der Waals surface area contributed by atoms with Crippen molar-refractivity contribution < 1.29 is 4.79 Å². The molecular formula is C21H23NO. The van der Waals surface area contributed by atoms with Crippen molar-refractivity contribution in [2.24, 2.45) is 5.92 Å². The number of carbonyl (C=O) groups is 1. The molecule has 2 aromatic carbocycles. The van der Waals surface area contributed by atoms with Gasteiger partial charge in [-0.25, -0.2) is 0 Å². The number of hydrogen-bond donors (Lipinski definition) is 1. The van der Waals surface area contributed by atoms with Crippen LogP contribution in [0.3, 0.4) is 0 Å². The first-order chi connectivity index (χ1) is 11.2. The predicted molar refractivity (Wildman–Crippen MR) is 92.5 cm³/mol. The quantitative estimate of drug-likeness (QED) is 0.932. The van der Waals surface area contributed by atoms with Crippen LogP contribution in [-0.2, 0) is 4.79 Å². The van der Waals surface area contributed by atoms with Crippen molar-refractivity contribution in [2.45, 2.75) is 36.6 Å². The summed E-state index contributed by atoms with van der Waals surface area (Å²) in [5.74, 6) is 1.20. The standard InChI is InChI=1S/C21H23NO/c1-22-21-12-17(15-8-4-2-5-9-15)20(19(23)14-21)18(13-21)16-10-6-3-7-11-16/h2-11,17-18,20,22H,12-14H2,1H3/t17-,18-,20?,21?/m0/s1. The molecule has 0 aliphatic heterocycles. The second-order valence-electron chi connectivity index (χ2n) is 7.14. The van der Waals surface area contributed by atoms with Crippen molar-refractivity contribution in [1.29, 1.82) is 0 Å². The summed E-state index contributed by atoms with van der Waals surface area (Å²) in [6, 6.07) is 21.2. The number of fused-ring (bicyclic) bond motifs is 3. The van der Waals surface area contributed by atoms with Crippen LogP contribution in [0.5, 0.6) is 0 Å². The van der Waals surface area contributed by atoms with Crippen molar-refractivity contribution in [3.63, 3.8) is 0 Å². The minimum absolute atomic E-state index is 0.0488. The van der Waals surface area contributed by atoms with E-state index in [4.69, 9.17) is 0 Å². The number of nitrogens with one attached hydrogen (secondary N) is 1. The lowest BCUT2D eigenvalue weighted by atomic mass is 9.53. The maximum absolute atomic E-state index is 12.9. The Bertz CT molecular complexity index is 645. The van der Waals surface area contributed by atoms with E-state index in [9.17, 15) is 4.79 Å². The minimum Gasteiger partial charge on any atom is -0.314 e. The lowest BCUT2D eigenvalue weighted by molar-refractivity contribution is -0.133. The average Bonchev–Trinajstić information content (AvgIpc) is 2.63. The monoisotopic (exact) mass is 305 g/mol. The molecule has 0 aromatic heterocycles. The number of carbonyl (C=O) groups excluding carboxylic acids is 1. The van der Waals surface area contributed by atoms with Gasteiger partial charge in [0.05, 0.1) is 0 Å². The molecular weight excluding hydrogens is 282 g/mol. The summed E-state index contributed by atoms with van der Waals surface area (Å²) in [5.41, 5.74) is 2.57. The maximum atomic E-state index is 12.9. The zero-order valence-electron chi connectivity index (χ0n) is 13.5. The third kappa shape index (κ3) is 2.42. The summed E-state index contributed by atoms with van der Waals surface area (Å²) in [6.07, 6.45) is 2.81. The van der Waals surface area contributed by atoms with Gasteiger partial charge in [-0.15, -0.1) is 0 Å². The lowest BCUT2D eigenvalue weighted by Gasteiger charge is -2.54. The molecule has 0 saturated heterocycles. The van der Waals surface area contributed by atoms with E-state index in [2.05, 4.69) is 66.0 Å². The first kappa shape index (κ1) is 14.6. The molecule has 3 aliphatic carbocycles. The Labute approximate surface area is 137 Å². The maximum Gasteiger partial charge on any atom is 0.139 e. The van der Waals surface area contributed by atoms with Gasteiger partial charge in [0.1, 0.15) is 5.78 Å². The molecule has 0 heterocycles. The second-order valence-corrected chi connectivity index (χ2v) is 7.14. The molecule has 0 spiro atoms. The zero-order valence-corrected chi connectivity index (χ0v) is 13.5. The van der Waals surface area contributed by atoms with Crippen molar-refractivity contribution in [3.8, 4) is 0 Å². The molecule has 0 radical (unpaired) electrons. The van der Waals surface area contributed by atoms with Crippen LogP contribution in [0, 0.1) is 5.92 Å². The van der Waals surface area contributed by atoms with E-state index in [0.717, 1.165) is 12.8 Å². The Balaban J connectivity index is 1.79. The number of benzene rings is 2. The van der Waals surface area contributed by atoms with Crippen LogP contribution in [0.15, 0.2) is 60.7 Å². The van der Waals surface area contributed by atoms with Crippen LogP contribution in [-0.4, -0.2) is 18.4 Å². The fourth-order valence-electron chi connectivity index (χ4n) is 4.85. The molecule has 3 saturated carbocycles. The van der Waals surface area contributed by atoms with Gasteiger partial charge in [0.25, 0.3) is 0 Å². The molecule has 2 aromatic rings. The molecule has 3 aliphatic rings. The highest BCUT2D eigenvalue weighted by atomic mass is 16.1. The first-order valence-electron chi connectivity index (χ1n) is 8.54. The largest absolute Gasteiger partial charge is 0.314 e.